The lowest BCUT2D eigenvalue weighted by Crippen LogP contribution is -2.36. The average Bonchev–Trinajstić information content (AvgIpc) is 3.15. The van der Waals surface area contributed by atoms with Gasteiger partial charge >= 0.3 is 0 Å². The Kier molecular flexibility index (Phi) is 9.18. The van der Waals surface area contributed by atoms with Crippen LogP contribution >= 0.6 is 27.3 Å². The molecule has 0 bridgehead atoms. The van der Waals surface area contributed by atoms with Crippen LogP contribution in [0, 0.1) is 12.3 Å². The summed E-state index contributed by atoms with van der Waals surface area (Å²) in [4.78, 5) is 17.7. The van der Waals surface area contributed by atoms with E-state index in [2.05, 4.69) is 26.8 Å². The van der Waals surface area contributed by atoms with E-state index in [0.717, 1.165) is 14.7 Å². The zero-order valence-electron chi connectivity index (χ0n) is 18.7. The molecule has 0 N–H and O–H groups in total. The number of hydrogen-bond donors (Lipinski definition) is 0. The van der Waals surface area contributed by atoms with Gasteiger partial charge in [-0.1, -0.05) is 33.2 Å². The van der Waals surface area contributed by atoms with Crippen molar-refractivity contribution >= 4 is 53.4 Å². The highest BCUT2D eigenvalue weighted by atomic mass is 79.9. The first kappa shape index (κ1) is 26.3. The molecule has 11 heteroatoms. The van der Waals surface area contributed by atoms with Crippen molar-refractivity contribution in [3.8, 4) is 12.3 Å². The number of amides is 1. The summed E-state index contributed by atoms with van der Waals surface area (Å²) in [6.07, 6.45) is 5.52. The molecule has 0 aliphatic rings. The molecule has 1 amide bonds. The second-order valence-electron chi connectivity index (χ2n) is 7.12. The second kappa shape index (κ2) is 11.9. The van der Waals surface area contributed by atoms with Gasteiger partial charge in [-0.3, -0.25) is 4.79 Å². The minimum Gasteiger partial charge on any atom is -0.383 e. The third-order valence-corrected chi connectivity index (χ3v) is 8.37. The number of halogens is 1. The van der Waals surface area contributed by atoms with Crippen molar-refractivity contribution in [3.63, 3.8) is 0 Å². The fourth-order valence-corrected chi connectivity index (χ4v) is 6.17. The largest absolute Gasteiger partial charge is 0.383 e. The fraction of sp³-hybridized carbons (Fsp3) is 0.304. The maximum atomic E-state index is 13.0. The van der Waals surface area contributed by atoms with Crippen molar-refractivity contribution in [2.24, 2.45) is 4.99 Å². The third-order valence-electron chi connectivity index (χ3n) is 4.92. The Morgan fingerprint density at radius 3 is 2.38 bits per heavy atom. The molecule has 34 heavy (non-hydrogen) atoms. The molecule has 0 fully saturated rings. The first-order valence-electron chi connectivity index (χ1n) is 10.2. The van der Waals surface area contributed by atoms with Crippen molar-refractivity contribution in [1.82, 2.24) is 8.87 Å². The number of carbonyl (C=O) groups is 1. The van der Waals surface area contributed by atoms with Crippen LogP contribution in [0.3, 0.4) is 0 Å². The summed E-state index contributed by atoms with van der Waals surface area (Å²) in [6.45, 7) is 1.15. The van der Waals surface area contributed by atoms with E-state index in [4.69, 9.17) is 15.9 Å². The quantitative estimate of drug-likeness (QED) is 0.352. The highest BCUT2D eigenvalue weighted by Crippen LogP contribution is 2.22. The summed E-state index contributed by atoms with van der Waals surface area (Å²) >= 11 is 4.80. The summed E-state index contributed by atoms with van der Waals surface area (Å²) in [5, 5.41) is 0. The molecule has 3 rings (SSSR count). The maximum absolute atomic E-state index is 13.0. The number of nitrogens with zero attached hydrogens (tertiary/aromatic N) is 3. The lowest BCUT2D eigenvalue weighted by atomic mass is 10.2. The molecule has 180 valence electrons. The number of fused-ring (bicyclic) bond motifs is 1. The number of carbonyl (C=O) groups excluding carboxylic acids is 1. The molecular weight excluding hydrogens is 542 g/mol. The van der Waals surface area contributed by atoms with E-state index in [0.29, 0.717) is 4.80 Å². The highest BCUT2D eigenvalue weighted by molar-refractivity contribution is 9.10. The molecule has 0 aliphatic heterocycles. The fourth-order valence-electron chi connectivity index (χ4n) is 3.18. The Bertz CT molecular complexity index is 1360. The third kappa shape index (κ3) is 6.02. The molecule has 1 heterocycles. The molecule has 8 nitrogen and oxygen atoms in total. The van der Waals surface area contributed by atoms with Gasteiger partial charge in [-0.15, -0.1) is 6.42 Å². The Morgan fingerprint density at radius 1 is 1.15 bits per heavy atom. The molecule has 0 aliphatic carbocycles. The zero-order valence-corrected chi connectivity index (χ0v) is 22.0. The number of thiazole rings is 1. The van der Waals surface area contributed by atoms with Crippen molar-refractivity contribution in [1.29, 1.82) is 0 Å². The number of hydrogen-bond acceptors (Lipinski definition) is 6. The standard InChI is InChI=1S/C23H24BrN3O5S2/c1-4-11-27-20-10-7-18(24)16-21(20)33-23(27)25-22(28)17-5-8-19(9-6-17)34(29,30)26(12-14-31-2)13-15-32-3/h1,5-10,16H,11-15H2,2-3H3. The highest BCUT2D eigenvalue weighted by Gasteiger charge is 2.24. The van der Waals surface area contributed by atoms with Crippen LogP contribution in [0.1, 0.15) is 10.4 Å². The van der Waals surface area contributed by atoms with Crippen LogP contribution in [0.4, 0.5) is 0 Å². The molecule has 0 spiro atoms. The topological polar surface area (TPSA) is 90.2 Å². The van der Waals surface area contributed by atoms with Crippen LogP contribution in [-0.2, 0) is 26.0 Å². The Hall–Kier alpha value is -2.33. The Balaban J connectivity index is 1.91. The lowest BCUT2D eigenvalue weighted by Gasteiger charge is -2.21. The SMILES string of the molecule is C#CCn1c(=NC(=O)c2ccc(S(=O)(=O)N(CCOC)CCOC)cc2)sc2cc(Br)ccc21. The zero-order chi connectivity index (χ0) is 24.7. The van der Waals surface area contributed by atoms with E-state index in [1.54, 1.807) is 4.57 Å². The van der Waals surface area contributed by atoms with Crippen molar-refractivity contribution in [2.75, 3.05) is 40.5 Å². The van der Waals surface area contributed by atoms with E-state index < -0.39 is 15.9 Å². The van der Waals surface area contributed by atoms with E-state index >= 15 is 0 Å². The number of benzene rings is 2. The average molecular weight is 566 g/mol. The number of terminal acetylenes is 1. The first-order valence-corrected chi connectivity index (χ1v) is 13.3. The van der Waals surface area contributed by atoms with Crippen LogP contribution in [0.2, 0.25) is 0 Å². The molecular formula is C23H24BrN3O5S2. The lowest BCUT2D eigenvalue weighted by molar-refractivity contribution is 0.0998. The van der Waals surface area contributed by atoms with Gasteiger partial charge < -0.3 is 14.0 Å². The summed E-state index contributed by atoms with van der Waals surface area (Å²) in [5.74, 6) is 2.10. The predicted molar refractivity (Wildman–Crippen MR) is 135 cm³/mol. The predicted octanol–water partition coefficient (Wildman–Crippen LogP) is 3.12. The molecule has 0 radical (unpaired) electrons. The molecule has 0 saturated heterocycles. The molecule has 3 aromatic rings. The number of methoxy groups -OCH3 is 2. The second-order valence-corrected chi connectivity index (χ2v) is 11.0. The van der Waals surface area contributed by atoms with Gasteiger partial charge in [-0.25, -0.2) is 8.42 Å². The minimum atomic E-state index is -3.78. The summed E-state index contributed by atoms with van der Waals surface area (Å²) < 4.78 is 41.1. The smallest absolute Gasteiger partial charge is 0.279 e. The summed E-state index contributed by atoms with van der Waals surface area (Å²) in [6, 6.07) is 11.5. The van der Waals surface area contributed by atoms with Gasteiger partial charge in [-0.05, 0) is 42.5 Å². The maximum Gasteiger partial charge on any atom is 0.279 e. The monoisotopic (exact) mass is 565 g/mol. The van der Waals surface area contributed by atoms with Crippen molar-refractivity contribution in [2.45, 2.75) is 11.4 Å². The summed E-state index contributed by atoms with van der Waals surface area (Å²) in [7, 11) is -0.764. The minimum absolute atomic E-state index is 0.0744. The number of sulfonamides is 1. The van der Waals surface area contributed by atoms with E-state index in [9.17, 15) is 13.2 Å². The van der Waals surface area contributed by atoms with Crippen molar-refractivity contribution in [3.05, 3.63) is 57.3 Å². The number of ether oxygens (including phenoxy) is 2. The first-order chi connectivity index (χ1) is 16.3. The van der Waals surface area contributed by atoms with E-state index in [1.165, 1.54) is 54.1 Å². The van der Waals surface area contributed by atoms with Gasteiger partial charge in [0, 0.05) is 37.3 Å². The Labute approximate surface area is 211 Å². The van der Waals surface area contributed by atoms with Crippen LogP contribution in [-0.4, -0.2) is 63.7 Å². The van der Waals surface area contributed by atoms with Crippen molar-refractivity contribution < 1.29 is 22.7 Å². The van der Waals surface area contributed by atoms with E-state index in [1.807, 2.05) is 18.2 Å². The van der Waals surface area contributed by atoms with Gasteiger partial charge in [0.1, 0.15) is 0 Å². The van der Waals surface area contributed by atoms with Crippen LogP contribution in [0.15, 0.2) is 56.8 Å². The normalized spacial score (nSPS) is 12.4. The van der Waals surface area contributed by atoms with Gasteiger partial charge in [0.25, 0.3) is 5.91 Å². The number of rotatable bonds is 10. The van der Waals surface area contributed by atoms with Crippen LogP contribution in [0.5, 0.6) is 0 Å². The molecule has 0 saturated carbocycles. The molecule has 1 aromatic heterocycles. The molecule has 0 atom stereocenters. The van der Waals surface area contributed by atoms with Gasteiger partial charge in [-0.2, -0.15) is 9.30 Å². The van der Waals surface area contributed by atoms with Gasteiger partial charge in [0.15, 0.2) is 4.80 Å². The molecule has 0 unspecified atom stereocenters. The molecule has 2 aromatic carbocycles. The summed E-state index contributed by atoms with van der Waals surface area (Å²) in [5.41, 5.74) is 1.15. The van der Waals surface area contributed by atoms with E-state index in [-0.39, 0.29) is 43.3 Å². The van der Waals surface area contributed by atoms with Gasteiger partial charge in [0.2, 0.25) is 10.0 Å². The van der Waals surface area contributed by atoms with Gasteiger partial charge in [0.05, 0.1) is 34.9 Å². The Morgan fingerprint density at radius 2 is 1.79 bits per heavy atom. The van der Waals surface area contributed by atoms with Crippen LogP contribution in [0.25, 0.3) is 10.2 Å². The van der Waals surface area contributed by atoms with Crippen LogP contribution < -0.4 is 4.80 Å². The number of aromatic nitrogens is 1.